The fourth-order valence-electron chi connectivity index (χ4n) is 2.04. The van der Waals surface area contributed by atoms with Gasteiger partial charge in [-0.15, -0.1) is 10.2 Å². The zero-order valence-electron chi connectivity index (χ0n) is 13.0. The molecule has 0 radical (unpaired) electrons. The number of hydrogen-bond acceptors (Lipinski definition) is 6. The highest BCUT2D eigenvalue weighted by atomic mass is 32.2. The van der Waals surface area contributed by atoms with Gasteiger partial charge in [-0.05, 0) is 30.7 Å². The van der Waals surface area contributed by atoms with Crippen molar-refractivity contribution >= 4 is 28.2 Å². The maximum Gasteiger partial charge on any atom is 0.208 e. The number of nitrogens with zero attached hydrogens (tertiary/aromatic N) is 3. The summed E-state index contributed by atoms with van der Waals surface area (Å²) in [5.74, 6) is 0. The van der Waals surface area contributed by atoms with Crippen LogP contribution >= 0.6 is 23.1 Å². The molecule has 0 amide bonds. The molecule has 0 spiro atoms. The molecular formula is C15H22N4S2. The van der Waals surface area contributed by atoms with Crippen LogP contribution in [0.1, 0.15) is 31.9 Å². The van der Waals surface area contributed by atoms with Gasteiger partial charge < -0.3 is 10.2 Å². The average molecular weight is 323 g/mol. The van der Waals surface area contributed by atoms with Crippen molar-refractivity contribution in [3.63, 3.8) is 0 Å². The van der Waals surface area contributed by atoms with E-state index < -0.39 is 0 Å². The molecule has 6 heteroatoms. The molecule has 0 saturated carbocycles. The van der Waals surface area contributed by atoms with Crippen LogP contribution in [0, 0.1) is 0 Å². The van der Waals surface area contributed by atoms with Gasteiger partial charge in [0.1, 0.15) is 0 Å². The van der Waals surface area contributed by atoms with E-state index in [1.807, 2.05) is 19.0 Å². The van der Waals surface area contributed by atoms with Crippen molar-refractivity contribution < 1.29 is 0 Å². The van der Waals surface area contributed by atoms with Crippen molar-refractivity contribution in [1.82, 2.24) is 15.5 Å². The van der Waals surface area contributed by atoms with Gasteiger partial charge in [-0.25, -0.2) is 0 Å². The second-order valence-corrected chi connectivity index (χ2v) is 7.21. The molecule has 2 rings (SSSR count). The number of nitrogens with one attached hydrogen (secondary N) is 1. The Hall–Kier alpha value is -1.11. The minimum Gasteiger partial charge on any atom is -0.353 e. The lowest BCUT2D eigenvalue weighted by molar-refractivity contribution is 0.537. The van der Waals surface area contributed by atoms with Crippen molar-refractivity contribution in [2.45, 2.75) is 35.5 Å². The van der Waals surface area contributed by atoms with Crippen LogP contribution < -0.4 is 10.2 Å². The zero-order chi connectivity index (χ0) is 15.2. The first-order chi connectivity index (χ1) is 10.1. The predicted octanol–water partition coefficient (Wildman–Crippen LogP) is 3.82. The van der Waals surface area contributed by atoms with Gasteiger partial charge in [0.05, 0.1) is 0 Å². The van der Waals surface area contributed by atoms with Gasteiger partial charge in [-0.1, -0.05) is 49.1 Å². The van der Waals surface area contributed by atoms with Crippen LogP contribution in [0.15, 0.2) is 33.5 Å². The van der Waals surface area contributed by atoms with Crippen molar-refractivity contribution in [1.29, 1.82) is 0 Å². The van der Waals surface area contributed by atoms with E-state index in [1.165, 1.54) is 10.5 Å². The Kier molecular flexibility index (Phi) is 6.02. The minimum absolute atomic E-state index is 0.441. The van der Waals surface area contributed by atoms with Gasteiger partial charge in [-0.3, -0.25) is 0 Å². The van der Waals surface area contributed by atoms with Gasteiger partial charge in [0.25, 0.3) is 0 Å². The molecular weight excluding hydrogens is 300 g/mol. The van der Waals surface area contributed by atoms with E-state index in [1.54, 1.807) is 23.1 Å². The summed E-state index contributed by atoms with van der Waals surface area (Å²) in [6.45, 7) is 5.35. The minimum atomic E-state index is 0.441. The lowest BCUT2D eigenvalue weighted by atomic mass is 10.1. The van der Waals surface area contributed by atoms with Crippen molar-refractivity contribution in [3.8, 4) is 0 Å². The fraction of sp³-hybridized carbons (Fsp3) is 0.467. The summed E-state index contributed by atoms with van der Waals surface area (Å²) in [6.07, 6.45) is 1.10. The van der Waals surface area contributed by atoms with Crippen LogP contribution in [0.3, 0.4) is 0 Å². The molecule has 4 nitrogen and oxygen atoms in total. The standard InChI is InChI=1S/C15H22N4S2/c1-5-13(16-6-2)11-7-9-12(10-8-11)20-15-18-17-14(21-15)19(3)4/h7-10,13,16H,5-6H2,1-4H3. The molecule has 1 unspecified atom stereocenters. The first-order valence-corrected chi connectivity index (χ1v) is 8.79. The van der Waals surface area contributed by atoms with Crippen LogP contribution in [-0.2, 0) is 0 Å². The second-order valence-electron chi connectivity index (χ2n) is 4.93. The SMILES string of the molecule is CCNC(CC)c1ccc(Sc2nnc(N(C)C)s2)cc1. The Morgan fingerprint density at radius 1 is 1.19 bits per heavy atom. The monoisotopic (exact) mass is 322 g/mol. The molecule has 1 heterocycles. The normalized spacial score (nSPS) is 12.4. The smallest absolute Gasteiger partial charge is 0.208 e. The van der Waals surface area contributed by atoms with E-state index >= 15 is 0 Å². The predicted molar refractivity (Wildman–Crippen MR) is 91.5 cm³/mol. The number of anilines is 1. The number of rotatable bonds is 7. The lowest BCUT2D eigenvalue weighted by Crippen LogP contribution is -2.19. The summed E-state index contributed by atoms with van der Waals surface area (Å²) < 4.78 is 0.977. The molecule has 0 bridgehead atoms. The summed E-state index contributed by atoms with van der Waals surface area (Å²) in [4.78, 5) is 3.18. The molecule has 0 aliphatic rings. The molecule has 1 N–H and O–H groups in total. The van der Waals surface area contributed by atoms with Gasteiger partial charge in [0.15, 0.2) is 4.34 Å². The van der Waals surface area contributed by atoms with Crippen LogP contribution in [0.2, 0.25) is 0 Å². The van der Waals surface area contributed by atoms with Crippen molar-refractivity contribution in [2.75, 3.05) is 25.5 Å². The summed E-state index contributed by atoms with van der Waals surface area (Å²) in [6, 6.07) is 9.17. The maximum absolute atomic E-state index is 4.21. The lowest BCUT2D eigenvalue weighted by Gasteiger charge is -2.16. The van der Waals surface area contributed by atoms with Gasteiger partial charge >= 0.3 is 0 Å². The first-order valence-electron chi connectivity index (χ1n) is 7.16. The van der Waals surface area contributed by atoms with Crippen LogP contribution in [0.5, 0.6) is 0 Å². The molecule has 1 atom stereocenters. The molecule has 2 aromatic rings. The molecule has 0 aliphatic heterocycles. The van der Waals surface area contributed by atoms with E-state index in [0.29, 0.717) is 6.04 Å². The van der Waals surface area contributed by atoms with Crippen LogP contribution in [-0.4, -0.2) is 30.8 Å². The Morgan fingerprint density at radius 2 is 1.90 bits per heavy atom. The molecule has 114 valence electrons. The Morgan fingerprint density at radius 3 is 2.43 bits per heavy atom. The highest BCUT2D eigenvalue weighted by Gasteiger charge is 2.10. The summed E-state index contributed by atoms with van der Waals surface area (Å²) in [5, 5.41) is 12.8. The molecule has 0 aliphatic carbocycles. The van der Waals surface area contributed by atoms with E-state index in [0.717, 1.165) is 22.4 Å². The third kappa shape index (κ3) is 4.43. The van der Waals surface area contributed by atoms with Crippen LogP contribution in [0.4, 0.5) is 5.13 Å². The van der Waals surface area contributed by atoms with E-state index in [9.17, 15) is 0 Å². The quantitative estimate of drug-likeness (QED) is 0.839. The van der Waals surface area contributed by atoms with E-state index in [2.05, 4.69) is 53.6 Å². The highest BCUT2D eigenvalue weighted by molar-refractivity contribution is 8.01. The Balaban J connectivity index is 2.04. The first kappa shape index (κ1) is 16.3. The molecule has 21 heavy (non-hydrogen) atoms. The topological polar surface area (TPSA) is 41.1 Å². The molecule has 0 fully saturated rings. The van der Waals surface area contributed by atoms with Crippen LogP contribution in [0.25, 0.3) is 0 Å². The summed E-state index contributed by atoms with van der Waals surface area (Å²) >= 11 is 3.28. The highest BCUT2D eigenvalue weighted by Crippen LogP contribution is 2.33. The zero-order valence-corrected chi connectivity index (χ0v) is 14.6. The second kappa shape index (κ2) is 7.77. The third-order valence-corrected chi connectivity index (χ3v) is 5.27. The third-order valence-electron chi connectivity index (χ3n) is 3.12. The number of aromatic nitrogens is 2. The van der Waals surface area contributed by atoms with Crippen molar-refractivity contribution in [2.24, 2.45) is 0 Å². The summed E-state index contributed by atoms with van der Waals surface area (Å²) in [7, 11) is 3.96. The fourth-order valence-corrected chi connectivity index (χ4v) is 3.77. The maximum atomic E-state index is 4.21. The number of hydrogen-bond donors (Lipinski definition) is 1. The van der Waals surface area contributed by atoms with E-state index in [-0.39, 0.29) is 0 Å². The van der Waals surface area contributed by atoms with Gasteiger partial charge in [-0.2, -0.15) is 0 Å². The van der Waals surface area contributed by atoms with Gasteiger partial charge in [0, 0.05) is 25.0 Å². The Labute approximate surface area is 135 Å². The molecule has 1 aromatic heterocycles. The number of benzene rings is 1. The Bertz CT molecular complexity index is 551. The largest absolute Gasteiger partial charge is 0.353 e. The van der Waals surface area contributed by atoms with E-state index in [4.69, 9.17) is 0 Å². The van der Waals surface area contributed by atoms with Gasteiger partial charge in [0.2, 0.25) is 5.13 Å². The van der Waals surface area contributed by atoms with Crippen molar-refractivity contribution in [3.05, 3.63) is 29.8 Å². The average Bonchev–Trinajstić information content (AvgIpc) is 2.94. The molecule has 1 aromatic carbocycles. The molecule has 0 saturated heterocycles. The summed E-state index contributed by atoms with van der Waals surface area (Å²) in [5.41, 5.74) is 1.34.